The van der Waals surface area contributed by atoms with Gasteiger partial charge in [-0.2, -0.15) is 4.31 Å². The Kier molecular flexibility index (Phi) is 3.81. The molecule has 2 rings (SSSR count). The second-order valence-electron chi connectivity index (χ2n) is 4.03. The zero-order chi connectivity index (χ0) is 12.3. The van der Waals surface area contributed by atoms with Gasteiger partial charge in [0.2, 0.25) is 10.0 Å². The molecule has 1 aliphatic rings. The maximum atomic E-state index is 11.8. The van der Waals surface area contributed by atoms with Crippen molar-refractivity contribution in [1.29, 1.82) is 0 Å². The van der Waals surface area contributed by atoms with Crippen LogP contribution in [0.3, 0.4) is 0 Å². The highest BCUT2D eigenvalue weighted by molar-refractivity contribution is 7.89. The Morgan fingerprint density at radius 2 is 2.00 bits per heavy atom. The van der Waals surface area contributed by atoms with Crippen molar-refractivity contribution in [2.75, 3.05) is 18.9 Å². The Bertz CT molecular complexity index is 454. The van der Waals surface area contributed by atoms with Crippen molar-refractivity contribution in [2.24, 2.45) is 0 Å². The van der Waals surface area contributed by atoms with Crippen molar-refractivity contribution < 1.29 is 13.2 Å². The lowest BCUT2D eigenvalue weighted by Gasteiger charge is -2.18. The number of hydrogen-bond donors (Lipinski definition) is 0. The van der Waals surface area contributed by atoms with Gasteiger partial charge in [0.15, 0.2) is 0 Å². The van der Waals surface area contributed by atoms with Crippen LogP contribution in [-0.2, 0) is 21.2 Å². The molecule has 0 aromatic heterocycles. The average Bonchev–Trinajstić information content (AvgIpc) is 3.15. The van der Waals surface area contributed by atoms with Gasteiger partial charge in [-0.3, -0.25) is 0 Å². The van der Waals surface area contributed by atoms with E-state index in [2.05, 4.69) is 0 Å². The molecule has 1 heterocycles. The Hall–Kier alpha value is -0.910. The van der Waals surface area contributed by atoms with Crippen LogP contribution >= 0.6 is 0 Å². The zero-order valence-electron chi connectivity index (χ0n) is 9.87. The molecule has 1 aromatic carbocycles. The molecule has 1 fully saturated rings. The van der Waals surface area contributed by atoms with Gasteiger partial charge in [-0.15, -0.1) is 0 Å². The first kappa shape index (κ1) is 12.5. The molecular weight excluding hydrogens is 238 g/mol. The monoisotopic (exact) mass is 255 g/mol. The third-order valence-corrected chi connectivity index (χ3v) is 4.68. The molecule has 0 radical (unpaired) electrons. The average molecular weight is 255 g/mol. The summed E-state index contributed by atoms with van der Waals surface area (Å²) in [5.41, 5.74) is 1.14. The molecular formula is C12H17NO3S. The molecule has 0 amide bonds. The van der Waals surface area contributed by atoms with Crippen molar-refractivity contribution in [3.63, 3.8) is 0 Å². The summed E-state index contributed by atoms with van der Waals surface area (Å²) < 4.78 is 30.3. The number of rotatable bonds is 6. The molecule has 1 saturated heterocycles. The topological polar surface area (TPSA) is 49.9 Å². The van der Waals surface area contributed by atoms with Gasteiger partial charge >= 0.3 is 0 Å². The number of nitrogens with zero attached hydrogens (tertiary/aromatic N) is 1. The molecule has 1 unspecified atom stereocenters. The first-order chi connectivity index (χ1) is 8.13. The van der Waals surface area contributed by atoms with Gasteiger partial charge in [-0.1, -0.05) is 30.3 Å². The summed E-state index contributed by atoms with van der Waals surface area (Å²) in [4.78, 5) is 0. The van der Waals surface area contributed by atoms with Crippen molar-refractivity contribution in [2.45, 2.75) is 19.6 Å². The summed E-state index contributed by atoms with van der Waals surface area (Å²) >= 11 is 0. The van der Waals surface area contributed by atoms with E-state index in [4.69, 9.17) is 4.74 Å². The van der Waals surface area contributed by atoms with E-state index in [0.29, 0.717) is 13.2 Å². The van der Waals surface area contributed by atoms with E-state index >= 15 is 0 Å². The van der Waals surface area contributed by atoms with Gasteiger partial charge in [0.25, 0.3) is 0 Å². The predicted octanol–water partition coefficient (Wildman–Crippen LogP) is 1.24. The van der Waals surface area contributed by atoms with E-state index in [9.17, 15) is 8.42 Å². The number of sulfonamides is 1. The van der Waals surface area contributed by atoms with E-state index in [1.54, 1.807) is 6.92 Å². The van der Waals surface area contributed by atoms with Crippen molar-refractivity contribution >= 4 is 10.0 Å². The Labute approximate surface area is 102 Å². The van der Waals surface area contributed by atoms with Crippen LogP contribution in [-0.4, -0.2) is 37.9 Å². The lowest BCUT2D eigenvalue weighted by molar-refractivity contribution is 0.271. The van der Waals surface area contributed by atoms with Gasteiger partial charge in [-0.25, -0.2) is 8.42 Å². The number of ether oxygens (including phenoxy) is 1. The fourth-order valence-electron chi connectivity index (χ4n) is 1.72. The normalized spacial score (nSPS) is 19.5. The van der Waals surface area contributed by atoms with Gasteiger partial charge < -0.3 is 4.74 Å². The number of benzene rings is 1. The van der Waals surface area contributed by atoms with Crippen LogP contribution in [0.2, 0.25) is 0 Å². The molecule has 0 bridgehead atoms. The molecule has 0 spiro atoms. The molecule has 94 valence electrons. The SMILES string of the molecule is CCS(=O)(=O)N(CCc1ccccc1)C1CO1. The highest BCUT2D eigenvalue weighted by Gasteiger charge is 2.37. The van der Waals surface area contributed by atoms with Crippen LogP contribution in [0.5, 0.6) is 0 Å². The molecule has 1 atom stereocenters. The summed E-state index contributed by atoms with van der Waals surface area (Å²) in [6, 6.07) is 9.88. The highest BCUT2D eigenvalue weighted by atomic mass is 32.2. The number of epoxide rings is 1. The smallest absolute Gasteiger partial charge is 0.216 e. The van der Waals surface area contributed by atoms with Gasteiger partial charge in [-0.05, 0) is 18.9 Å². The molecule has 0 aliphatic carbocycles. The maximum absolute atomic E-state index is 11.8. The third-order valence-electron chi connectivity index (χ3n) is 2.82. The number of hydrogen-bond acceptors (Lipinski definition) is 3. The van der Waals surface area contributed by atoms with Gasteiger partial charge in [0.1, 0.15) is 6.23 Å². The first-order valence-electron chi connectivity index (χ1n) is 5.78. The summed E-state index contributed by atoms with van der Waals surface area (Å²) in [5, 5.41) is 0. The van der Waals surface area contributed by atoms with E-state index in [1.165, 1.54) is 4.31 Å². The second kappa shape index (κ2) is 5.16. The fraction of sp³-hybridized carbons (Fsp3) is 0.500. The Morgan fingerprint density at radius 1 is 1.35 bits per heavy atom. The minimum absolute atomic E-state index is 0.127. The molecule has 1 aliphatic heterocycles. The molecule has 5 heteroatoms. The van der Waals surface area contributed by atoms with Gasteiger partial charge in [0, 0.05) is 6.54 Å². The van der Waals surface area contributed by atoms with Crippen LogP contribution in [0, 0.1) is 0 Å². The van der Waals surface area contributed by atoms with Crippen LogP contribution in [0.4, 0.5) is 0 Å². The second-order valence-corrected chi connectivity index (χ2v) is 6.25. The molecule has 0 saturated carbocycles. The maximum Gasteiger partial charge on any atom is 0.216 e. The third kappa shape index (κ3) is 3.28. The van der Waals surface area contributed by atoms with Crippen LogP contribution < -0.4 is 0 Å². The van der Waals surface area contributed by atoms with E-state index in [0.717, 1.165) is 12.0 Å². The van der Waals surface area contributed by atoms with Crippen molar-refractivity contribution in [3.05, 3.63) is 35.9 Å². The van der Waals surface area contributed by atoms with E-state index in [1.807, 2.05) is 30.3 Å². The van der Waals surface area contributed by atoms with Crippen molar-refractivity contribution in [1.82, 2.24) is 4.31 Å². The Balaban J connectivity index is 2.00. The minimum Gasteiger partial charge on any atom is -0.356 e. The lowest BCUT2D eigenvalue weighted by atomic mass is 10.1. The molecule has 0 N–H and O–H groups in total. The standard InChI is InChI=1S/C12H17NO3S/c1-2-17(14,15)13(12-10-16-12)9-8-11-6-4-3-5-7-11/h3-7,12H,2,8-10H2,1H3. The van der Waals surface area contributed by atoms with Crippen LogP contribution in [0.1, 0.15) is 12.5 Å². The Morgan fingerprint density at radius 3 is 2.53 bits per heavy atom. The highest BCUT2D eigenvalue weighted by Crippen LogP contribution is 2.20. The van der Waals surface area contributed by atoms with Gasteiger partial charge in [0.05, 0.1) is 12.4 Å². The fourth-order valence-corrected chi connectivity index (χ4v) is 2.90. The van der Waals surface area contributed by atoms with Crippen LogP contribution in [0.15, 0.2) is 30.3 Å². The quantitative estimate of drug-likeness (QED) is 0.719. The molecule has 1 aromatic rings. The predicted molar refractivity (Wildman–Crippen MR) is 66.1 cm³/mol. The first-order valence-corrected chi connectivity index (χ1v) is 7.39. The summed E-state index contributed by atoms with van der Waals surface area (Å²) in [6.45, 7) is 2.67. The molecule has 4 nitrogen and oxygen atoms in total. The summed E-state index contributed by atoms with van der Waals surface area (Å²) in [5.74, 6) is 0.127. The largest absolute Gasteiger partial charge is 0.356 e. The minimum atomic E-state index is -3.16. The van der Waals surface area contributed by atoms with E-state index in [-0.39, 0.29) is 12.0 Å². The molecule has 17 heavy (non-hydrogen) atoms. The summed E-state index contributed by atoms with van der Waals surface area (Å²) in [6.07, 6.45) is 0.489. The summed E-state index contributed by atoms with van der Waals surface area (Å²) in [7, 11) is -3.16. The lowest BCUT2D eigenvalue weighted by Crippen LogP contribution is -2.36. The van der Waals surface area contributed by atoms with E-state index < -0.39 is 10.0 Å². The van der Waals surface area contributed by atoms with Crippen LogP contribution in [0.25, 0.3) is 0 Å². The van der Waals surface area contributed by atoms with Crippen molar-refractivity contribution in [3.8, 4) is 0 Å². The zero-order valence-corrected chi connectivity index (χ0v) is 10.7.